The summed E-state index contributed by atoms with van der Waals surface area (Å²) in [5, 5.41) is 5.56. The monoisotopic (exact) mass is 437 g/mol. The van der Waals surface area contributed by atoms with Crippen molar-refractivity contribution >= 4 is 29.1 Å². The molecule has 1 heterocycles. The van der Waals surface area contributed by atoms with Crippen molar-refractivity contribution in [3.63, 3.8) is 0 Å². The fourth-order valence-electron chi connectivity index (χ4n) is 3.47. The van der Waals surface area contributed by atoms with Crippen molar-refractivity contribution in [3.8, 4) is 11.1 Å². The first-order valence-corrected chi connectivity index (χ1v) is 10.4. The second-order valence-corrected chi connectivity index (χ2v) is 7.27. The van der Waals surface area contributed by atoms with Gasteiger partial charge in [-0.3, -0.25) is 9.88 Å². The van der Waals surface area contributed by atoms with Crippen LogP contribution in [0.15, 0.2) is 103 Å². The van der Waals surface area contributed by atoms with E-state index in [1.165, 1.54) is 4.90 Å². The minimum absolute atomic E-state index is 0.340. The molecular weight excluding hydrogens is 414 g/mol. The van der Waals surface area contributed by atoms with Gasteiger partial charge in [-0.15, -0.1) is 0 Å². The van der Waals surface area contributed by atoms with Gasteiger partial charge in [-0.05, 0) is 47.5 Å². The van der Waals surface area contributed by atoms with Crippen LogP contribution in [0.1, 0.15) is 5.56 Å². The fraction of sp³-hybridized carbons (Fsp3) is 0.0385. The zero-order valence-electron chi connectivity index (χ0n) is 17.8. The highest BCUT2D eigenvalue weighted by molar-refractivity contribution is 6.02. The predicted octanol–water partition coefficient (Wildman–Crippen LogP) is 5.29. The number of urea groups is 2. The lowest BCUT2D eigenvalue weighted by Crippen LogP contribution is -2.32. The number of pyridine rings is 1. The van der Waals surface area contributed by atoms with Gasteiger partial charge in [-0.1, -0.05) is 54.6 Å². The normalized spacial score (nSPS) is 10.3. The van der Waals surface area contributed by atoms with E-state index in [1.807, 2.05) is 66.7 Å². The van der Waals surface area contributed by atoms with E-state index in [2.05, 4.69) is 15.6 Å². The van der Waals surface area contributed by atoms with E-state index in [4.69, 9.17) is 5.73 Å². The largest absolute Gasteiger partial charge is 0.351 e. The number of carbonyl (C=O) groups is 2. The molecule has 0 radical (unpaired) electrons. The summed E-state index contributed by atoms with van der Waals surface area (Å²) >= 11 is 0. The molecule has 164 valence electrons. The number of anilines is 3. The van der Waals surface area contributed by atoms with Gasteiger partial charge in [-0.2, -0.15) is 0 Å². The summed E-state index contributed by atoms with van der Waals surface area (Å²) in [4.78, 5) is 30.1. The Labute approximate surface area is 191 Å². The molecule has 0 fully saturated rings. The Hall–Kier alpha value is -4.65. The number of hydrogen-bond acceptors (Lipinski definition) is 3. The lowest BCUT2D eigenvalue weighted by Gasteiger charge is -2.24. The van der Waals surface area contributed by atoms with E-state index < -0.39 is 6.03 Å². The van der Waals surface area contributed by atoms with E-state index in [0.29, 0.717) is 23.6 Å². The number of carbonyl (C=O) groups excluding carboxylic acids is 2. The molecule has 7 nitrogen and oxygen atoms in total. The fourth-order valence-corrected chi connectivity index (χ4v) is 3.47. The maximum atomic E-state index is 12.4. The Morgan fingerprint density at radius 1 is 0.848 bits per heavy atom. The van der Waals surface area contributed by atoms with Gasteiger partial charge < -0.3 is 16.4 Å². The van der Waals surface area contributed by atoms with Crippen molar-refractivity contribution < 1.29 is 9.59 Å². The molecule has 0 unspecified atom stereocenters. The first-order chi connectivity index (χ1) is 16.1. The Morgan fingerprint density at radius 3 is 2.27 bits per heavy atom. The van der Waals surface area contributed by atoms with Crippen LogP contribution in [0, 0.1) is 0 Å². The van der Waals surface area contributed by atoms with E-state index in [-0.39, 0.29) is 6.03 Å². The number of nitrogens with one attached hydrogen (secondary N) is 2. The second kappa shape index (κ2) is 10.1. The van der Waals surface area contributed by atoms with Crippen LogP contribution in [0.5, 0.6) is 0 Å². The smallest absolute Gasteiger partial charge is 0.323 e. The van der Waals surface area contributed by atoms with Crippen molar-refractivity contribution in [1.82, 2.24) is 10.3 Å². The number of rotatable bonds is 6. The maximum Gasteiger partial charge on any atom is 0.323 e. The van der Waals surface area contributed by atoms with Crippen molar-refractivity contribution in [2.24, 2.45) is 5.73 Å². The van der Waals surface area contributed by atoms with Crippen molar-refractivity contribution in [1.29, 1.82) is 0 Å². The van der Waals surface area contributed by atoms with Gasteiger partial charge in [0.2, 0.25) is 0 Å². The summed E-state index contributed by atoms with van der Waals surface area (Å²) in [6.07, 6.45) is 3.37. The summed E-state index contributed by atoms with van der Waals surface area (Å²) in [5.41, 5.74) is 10.4. The minimum atomic E-state index is -0.603. The first kappa shape index (κ1) is 21.6. The molecule has 0 saturated carbocycles. The van der Waals surface area contributed by atoms with Crippen LogP contribution in [-0.4, -0.2) is 17.0 Å². The molecule has 4 amide bonds. The quantitative estimate of drug-likeness (QED) is 0.382. The average molecular weight is 438 g/mol. The molecule has 0 aliphatic carbocycles. The molecule has 4 N–H and O–H groups in total. The summed E-state index contributed by atoms with van der Waals surface area (Å²) in [7, 11) is 0. The van der Waals surface area contributed by atoms with Crippen LogP contribution in [-0.2, 0) is 6.54 Å². The van der Waals surface area contributed by atoms with E-state index in [0.717, 1.165) is 16.7 Å². The van der Waals surface area contributed by atoms with E-state index >= 15 is 0 Å². The Morgan fingerprint density at radius 2 is 1.58 bits per heavy atom. The summed E-state index contributed by atoms with van der Waals surface area (Å²) < 4.78 is 0. The topological polar surface area (TPSA) is 100 Å². The molecular formula is C26H23N5O2. The number of para-hydroxylation sites is 1. The molecule has 3 aromatic carbocycles. The number of aromatic nitrogens is 1. The van der Waals surface area contributed by atoms with Crippen LogP contribution in [0.4, 0.5) is 26.7 Å². The third kappa shape index (κ3) is 5.34. The Bertz CT molecular complexity index is 1230. The Kier molecular flexibility index (Phi) is 6.61. The highest BCUT2D eigenvalue weighted by Gasteiger charge is 2.19. The van der Waals surface area contributed by atoms with Gasteiger partial charge in [0.25, 0.3) is 0 Å². The van der Waals surface area contributed by atoms with Crippen molar-refractivity contribution in [2.45, 2.75) is 6.54 Å². The molecule has 0 spiro atoms. The van der Waals surface area contributed by atoms with Crippen LogP contribution >= 0.6 is 0 Å². The number of hydrogen-bond donors (Lipinski definition) is 3. The zero-order chi connectivity index (χ0) is 23.0. The number of amides is 4. The maximum absolute atomic E-state index is 12.4. The molecule has 7 heteroatoms. The van der Waals surface area contributed by atoms with Crippen molar-refractivity contribution in [2.75, 3.05) is 10.2 Å². The molecule has 0 atom stereocenters. The molecule has 0 aliphatic rings. The van der Waals surface area contributed by atoms with Crippen molar-refractivity contribution in [3.05, 3.63) is 109 Å². The zero-order valence-corrected chi connectivity index (χ0v) is 17.8. The lowest BCUT2D eigenvalue weighted by molar-refractivity contribution is 0.251. The number of benzene rings is 3. The number of primary amides is 1. The predicted molar refractivity (Wildman–Crippen MR) is 130 cm³/mol. The molecule has 0 saturated heterocycles. The molecule has 4 aromatic rings. The van der Waals surface area contributed by atoms with Crippen LogP contribution < -0.4 is 21.3 Å². The van der Waals surface area contributed by atoms with Gasteiger partial charge in [0, 0.05) is 30.2 Å². The van der Waals surface area contributed by atoms with Gasteiger partial charge in [0.15, 0.2) is 0 Å². The van der Waals surface area contributed by atoms with E-state index in [1.54, 1.807) is 36.7 Å². The lowest BCUT2D eigenvalue weighted by atomic mass is 10.0. The third-order valence-corrected chi connectivity index (χ3v) is 5.01. The standard InChI is InChI=1S/C26H23N5O2/c27-25(32)31(24-11-5-4-10-23(24)20-8-2-1-3-9-20)22-14-12-21(13-15-22)30-26(33)29-18-19-7-6-16-28-17-19/h1-17H,18H2,(H2,27,32)(H2,29,30,33). The molecule has 4 rings (SSSR count). The van der Waals surface area contributed by atoms with Gasteiger partial charge in [-0.25, -0.2) is 9.59 Å². The minimum Gasteiger partial charge on any atom is -0.351 e. The van der Waals surface area contributed by atoms with Crippen LogP contribution in [0.3, 0.4) is 0 Å². The second-order valence-electron chi connectivity index (χ2n) is 7.27. The summed E-state index contributed by atoms with van der Waals surface area (Å²) in [6.45, 7) is 0.365. The molecule has 0 aliphatic heterocycles. The molecule has 33 heavy (non-hydrogen) atoms. The number of nitrogens with two attached hydrogens (primary N) is 1. The highest BCUT2D eigenvalue weighted by atomic mass is 16.2. The summed E-state index contributed by atoms with van der Waals surface area (Å²) in [6, 6.07) is 27.0. The number of nitrogens with zero attached hydrogens (tertiary/aromatic N) is 2. The SMILES string of the molecule is NC(=O)N(c1ccc(NC(=O)NCc2cccnc2)cc1)c1ccccc1-c1ccccc1. The average Bonchev–Trinajstić information content (AvgIpc) is 2.85. The molecule has 0 bridgehead atoms. The van der Waals surface area contributed by atoms with E-state index in [9.17, 15) is 9.59 Å². The summed E-state index contributed by atoms with van der Waals surface area (Å²) in [5.74, 6) is 0. The third-order valence-electron chi connectivity index (χ3n) is 5.01. The van der Waals surface area contributed by atoms with Gasteiger partial charge in [0.05, 0.1) is 11.4 Å². The van der Waals surface area contributed by atoms with Crippen LogP contribution in [0.25, 0.3) is 11.1 Å². The Balaban J connectivity index is 1.51. The molecule has 1 aromatic heterocycles. The first-order valence-electron chi connectivity index (χ1n) is 10.4. The van der Waals surface area contributed by atoms with Crippen LogP contribution in [0.2, 0.25) is 0 Å². The van der Waals surface area contributed by atoms with Gasteiger partial charge >= 0.3 is 12.1 Å². The highest BCUT2D eigenvalue weighted by Crippen LogP contribution is 2.35. The van der Waals surface area contributed by atoms with Gasteiger partial charge in [0.1, 0.15) is 0 Å².